The molecule has 0 fully saturated rings. The van der Waals surface area contributed by atoms with Crippen molar-refractivity contribution in [2.24, 2.45) is 5.92 Å². The van der Waals surface area contributed by atoms with E-state index in [1.54, 1.807) is 0 Å². The molecule has 0 aliphatic rings. The van der Waals surface area contributed by atoms with Gasteiger partial charge in [-0.05, 0) is 5.92 Å². The van der Waals surface area contributed by atoms with E-state index in [9.17, 15) is 0 Å². The maximum Gasteiger partial charge on any atom is -0.0414 e. The molecule has 0 rings (SSSR count). The zero-order valence-electron chi connectivity index (χ0n) is 25.5. The van der Waals surface area contributed by atoms with Gasteiger partial charge in [0.25, 0.3) is 0 Å². The summed E-state index contributed by atoms with van der Waals surface area (Å²) in [6, 6.07) is 0. The molecule has 0 heterocycles. The van der Waals surface area contributed by atoms with Gasteiger partial charge in [0.15, 0.2) is 0 Å². The largest absolute Gasteiger partial charge is 0.0654 e. The molecule has 0 radical (unpaired) electrons. The van der Waals surface area contributed by atoms with Gasteiger partial charge in [0.05, 0.1) is 0 Å². The van der Waals surface area contributed by atoms with Gasteiger partial charge in [0.2, 0.25) is 0 Å². The average Bonchev–Trinajstić information content (AvgIpc) is 2.86. The van der Waals surface area contributed by atoms with E-state index in [0.29, 0.717) is 0 Å². The Balaban J connectivity index is 3.23. The van der Waals surface area contributed by atoms with Crippen LogP contribution < -0.4 is 0 Å². The van der Waals surface area contributed by atoms with Crippen LogP contribution in [0.15, 0.2) is 0 Å². The van der Waals surface area contributed by atoms with E-state index in [0.717, 1.165) is 5.92 Å². The van der Waals surface area contributed by atoms with E-state index in [-0.39, 0.29) is 0 Å². The van der Waals surface area contributed by atoms with Crippen molar-refractivity contribution in [2.75, 3.05) is 0 Å². The second-order valence-corrected chi connectivity index (χ2v) is 12.1. The highest BCUT2D eigenvalue weighted by molar-refractivity contribution is 4.61. The van der Waals surface area contributed by atoms with Crippen molar-refractivity contribution < 1.29 is 0 Å². The lowest BCUT2D eigenvalue weighted by Gasteiger charge is -2.16. The van der Waals surface area contributed by atoms with Crippen molar-refractivity contribution in [3.8, 4) is 0 Å². The smallest absolute Gasteiger partial charge is 0.0414 e. The molecule has 0 spiro atoms. The Hall–Kier alpha value is 0. The van der Waals surface area contributed by atoms with Gasteiger partial charge in [-0.1, -0.05) is 220 Å². The highest BCUT2D eigenvalue weighted by Crippen LogP contribution is 2.23. The molecule has 35 heavy (non-hydrogen) atoms. The highest BCUT2D eigenvalue weighted by Gasteiger charge is 2.07. The molecule has 0 nitrogen and oxygen atoms in total. The minimum atomic E-state index is 1.03. The first kappa shape index (κ1) is 35.0. The summed E-state index contributed by atoms with van der Waals surface area (Å²) in [7, 11) is 0. The van der Waals surface area contributed by atoms with Crippen molar-refractivity contribution in [1.29, 1.82) is 0 Å². The molecule has 0 aromatic heterocycles. The molecule has 1 unspecified atom stereocenters. The van der Waals surface area contributed by atoms with Crippen LogP contribution in [0.2, 0.25) is 0 Å². The van der Waals surface area contributed by atoms with E-state index in [1.165, 1.54) is 199 Å². The fourth-order valence-electron chi connectivity index (χ4n) is 5.92. The van der Waals surface area contributed by atoms with Crippen LogP contribution in [-0.4, -0.2) is 0 Å². The standard InChI is InChI=1S/C35H72/c1-4-7-9-11-12-13-14-15-16-17-18-19-20-21-22-23-24-25-26-27-29-31-34-35(32-6-3)33-30-28-10-8-5-2/h35H,4-34H2,1-3H3. The van der Waals surface area contributed by atoms with E-state index in [1.807, 2.05) is 0 Å². The van der Waals surface area contributed by atoms with Gasteiger partial charge in [-0.2, -0.15) is 0 Å². The summed E-state index contributed by atoms with van der Waals surface area (Å²) < 4.78 is 0. The van der Waals surface area contributed by atoms with E-state index >= 15 is 0 Å². The molecular weight excluding hydrogens is 420 g/mol. The first-order valence-electron chi connectivity index (χ1n) is 17.3. The highest BCUT2D eigenvalue weighted by atomic mass is 14.1. The zero-order chi connectivity index (χ0) is 25.5. The first-order valence-corrected chi connectivity index (χ1v) is 17.3. The van der Waals surface area contributed by atoms with Crippen molar-refractivity contribution in [2.45, 2.75) is 220 Å². The molecule has 212 valence electrons. The van der Waals surface area contributed by atoms with Crippen LogP contribution in [0.4, 0.5) is 0 Å². The normalized spacial score (nSPS) is 12.4. The summed E-state index contributed by atoms with van der Waals surface area (Å²) in [5, 5.41) is 0. The lowest BCUT2D eigenvalue weighted by molar-refractivity contribution is 0.377. The molecule has 0 aliphatic heterocycles. The minimum Gasteiger partial charge on any atom is -0.0654 e. The molecule has 0 saturated carbocycles. The Morgan fingerprint density at radius 1 is 0.229 bits per heavy atom. The summed E-state index contributed by atoms with van der Waals surface area (Å²) in [6.07, 6.45) is 45.8. The SMILES string of the molecule is CCCCCCCCCCCCCCCCCCCCCCCCC(CCC)CCCCCCC. The van der Waals surface area contributed by atoms with Crippen molar-refractivity contribution in [3.63, 3.8) is 0 Å². The number of hydrogen-bond acceptors (Lipinski definition) is 0. The Morgan fingerprint density at radius 3 is 0.686 bits per heavy atom. The zero-order valence-corrected chi connectivity index (χ0v) is 25.5. The number of unbranched alkanes of at least 4 members (excludes halogenated alkanes) is 25. The van der Waals surface area contributed by atoms with Crippen LogP contribution in [-0.2, 0) is 0 Å². The summed E-state index contributed by atoms with van der Waals surface area (Å²) >= 11 is 0. The molecule has 0 N–H and O–H groups in total. The average molecular weight is 493 g/mol. The molecule has 0 bridgehead atoms. The van der Waals surface area contributed by atoms with Crippen LogP contribution >= 0.6 is 0 Å². The fraction of sp³-hybridized carbons (Fsp3) is 1.00. The Labute approximate surface area is 225 Å². The van der Waals surface area contributed by atoms with Crippen LogP contribution in [0, 0.1) is 5.92 Å². The first-order chi connectivity index (χ1) is 17.3. The van der Waals surface area contributed by atoms with Crippen molar-refractivity contribution >= 4 is 0 Å². The van der Waals surface area contributed by atoms with E-state index in [4.69, 9.17) is 0 Å². The Bertz CT molecular complexity index is 346. The van der Waals surface area contributed by atoms with Gasteiger partial charge in [-0.3, -0.25) is 0 Å². The van der Waals surface area contributed by atoms with Gasteiger partial charge in [-0.15, -0.1) is 0 Å². The van der Waals surface area contributed by atoms with Gasteiger partial charge in [-0.25, -0.2) is 0 Å². The third-order valence-corrected chi connectivity index (χ3v) is 8.38. The molecular formula is C35H72. The number of rotatable bonds is 31. The Kier molecular flexibility index (Phi) is 32.0. The minimum absolute atomic E-state index is 1.03. The third kappa shape index (κ3) is 30.1. The molecule has 1 atom stereocenters. The van der Waals surface area contributed by atoms with Crippen LogP contribution in [0.1, 0.15) is 220 Å². The third-order valence-electron chi connectivity index (χ3n) is 8.38. The van der Waals surface area contributed by atoms with Crippen molar-refractivity contribution in [1.82, 2.24) is 0 Å². The quantitative estimate of drug-likeness (QED) is 0.0844. The second-order valence-electron chi connectivity index (χ2n) is 12.1. The Morgan fingerprint density at radius 2 is 0.457 bits per heavy atom. The molecule has 0 heteroatoms. The number of hydrogen-bond donors (Lipinski definition) is 0. The predicted molar refractivity (Wildman–Crippen MR) is 164 cm³/mol. The lowest BCUT2D eigenvalue weighted by Crippen LogP contribution is -2.00. The second kappa shape index (κ2) is 32.0. The molecule has 0 amide bonds. The maximum atomic E-state index is 2.38. The lowest BCUT2D eigenvalue weighted by atomic mass is 9.90. The summed E-state index contributed by atoms with van der Waals surface area (Å²) in [5.74, 6) is 1.03. The summed E-state index contributed by atoms with van der Waals surface area (Å²) in [6.45, 7) is 7.01. The van der Waals surface area contributed by atoms with E-state index < -0.39 is 0 Å². The van der Waals surface area contributed by atoms with Gasteiger partial charge >= 0.3 is 0 Å². The van der Waals surface area contributed by atoms with Crippen molar-refractivity contribution in [3.05, 3.63) is 0 Å². The van der Waals surface area contributed by atoms with Gasteiger partial charge < -0.3 is 0 Å². The molecule has 0 aromatic carbocycles. The van der Waals surface area contributed by atoms with Gasteiger partial charge in [0.1, 0.15) is 0 Å². The predicted octanol–water partition coefficient (Wildman–Crippen LogP) is 13.8. The monoisotopic (exact) mass is 493 g/mol. The topological polar surface area (TPSA) is 0 Å². The maximum absolute atomic E-state index is 2.38. The van der Waals surface area contributed by atoms with Crippen LogP contribution in [0.5, 0.6) is 0 Å². The fourth-order valence-corrected chi connectivity index (χ4v) is 5.92. The van der Waals surface area contributed by atoms with E-state index in [2.05, 4.69) is 20.8 Å². The van der Waals surface area contributed by atoms with Crippen LogP contribution in [0.25, 0.3) is 0 Å². The summed E-state index contributed by atoms with van der Waals surface area (Å²) in [4.78, 5) is 0. The van der Waals surface area contributed by atoms with Gasteiger partial charge in [0, 0.05) is 0 Å². The molecule has 0 saturated heterocycles. The molecule has 0 aliphatic carbocycles. The summed E-state index contributed by atoms with van der Waals surface area (Å²) in [5.41, 5.74) is 0. The molecule has 0 aromatic rings. The van der Waals surface area contributed by atoms with Crippen LogP contribution in [0.3, 0.4) is 0 Å².